The number of amides is 1. The van der Waals surface area contributed by atoms with Gasteiger partial charge in [-0.15, -0.1) is 11.3 Å². The smallest absolute Gasteiger partial charge is 0.276 e. The van der Waals surface area contributed by atoms with Gasteiger partial charge in [0.2, 0.25) is 5.91 Å². The zero-order valence-electron chi connectivity index (χ0n) is 17.3. The number of nitrogens with zero attached hydrogens (tertiary/aromatic N) is 2. The van der Waals surface area contributed by atoms with E-state index in [2.05, 4.69) is 16.4 Å². The third-order valence-electron chi connectivity index (χ3n) is 5.33. The number of carbonyl (C=O) groups excluding carboxylic acids is 1. The molecule has 31 heavy (non-hydrogen) atoms. The summed E-state index contributed by atoms with van der Waals surface area (Å²) in [5.41, 5.74) is 2.81. The van der Waals surface area contributed by atoms with E-state index in [-0.39, 0.29) is 23.0 Å². The maximum atomic E-state index is 13.8. The van der Waals surface area contributed by atoms with Gasteiger partial charge in [-0.25, -0.2) is 9.37 Å². The van der Waals surface area contributed by atoms with Crippen molar-refractivity contribution in [3.63, 3.8) is 0 Å². The van der Waals surface area contributed by atoms with Crippen LogP contribution < -0.4 is 10.9 Å². The van der Waals surface area contributed by atoms with Crippen molar-refractivity contribution in [2.75, 3.05) is 12.3 Å². The average Bonchev–Trinajstić information content (AvgIpc) is 3.24. The molecule has 1 N–H and O–H groups in total. The molecule has 5 nitrogen and oxygen atoms in total. The van der Waals surface area contributed by atoms with Crippen molar-refractivity contribution in [3.05, 3.63) is 63.0 Å². The second-order valence-corrected chi connectivity index (χ2v) is 9.46. The van der Waals surface area contributed by atoms with E-state index in [1.807, 2.05) is 5.38 Å². The number of nitrogens with one attached hydrogen (secondary N) is 1. The molecule has 1 aliphatic rings. The van der Waals surface area contributed by atoms with E-state index >= 15 is 0 Å². The number of allylic oxidation sites excluding steroid dienone is 1. The minimum absolute atomic E-state index is 0.0945. The van der Waals surface area contributed by atoms with Crippen LogP contribution in [0.25, 0.3) is 15.9 Å². The number of thiophene rings is 1. The first kappa shape index (κ1) is 21.8. The quantitative estimate of drug-likeness (QED) is 0.308. The van der Waals surface area contributed by atoms with E-state index < -0.39 is 0 Å². The normalized spacial score (nSPS) is 13.9. The lowest BCUT2D eigenvalue weighted by Gasteiger charge is -2.14. The van der Waals surface area contributed by atoms with Gasteiger partial charge >= 0.3 is 0 Å². The molecule has 0 saturated carbocycles. The van der Waals surface area contributed by atoms with Crippen LogP contribution in [0.3, 0.4) is 0 Å². The van der Waals surface area contributed by atoms with Crippen LogP contribution in [0.4, 0.5) is 4.39 Å². The predicted molar refractivity (Wildman–Crippen MR) is 125 cm³/mol. The maximum Gasteiger partial charge on any atom is 0.276 e. The molecule has 2 aromatic heterocycles. The number of aromatic nitrogens is 2. The summed E-state index contributed by atoms with van der Waals surface area (Å²) in [6, 6.07) is 6.33. The largest absolute Gasteiger partial charge is 0.355 e. The molecule has 162 valence electrons. The van der Waals surface area contributed by atoms with Gasteiger partial charge in [-0.05, 0) is 74.2 Å². The standard InChI is InChI=1S/C23H24FN3O2S2/c1-15-13-17(7-8-18(15)24)27-22(29)21-19(10-12-30-21)26-23(27)31-14-20(28)25-11-9-16-5-3-2-4-6-16/h5,7-8,10,12-13H,2-4,6,9,11,14H2,1H3,(H,25,28). The number of rotatable bonds is 7. The number of aryl methyl sites for hydroxylation is 1. The van der Waals surface area contributed by atoms with Gasteiger partial charge in [0.05, 0.1) is 17.0 Å². The third-order valence-corrected chi connectivity index (χ3v) is 7.16. The summed E-state index contributed by atoms with van der Waals surface area (Å²) < 4.78 is 15.8. The highest BCUT2D eigenvalue weighted by atomic mass is 32.2. The van der Waals surface area contributed by atoms with Gasteiger partial charge in [0.1, 0.15) is 10.5 Å². The first-order valence-corrected chi connectivity index (χ1v) is 12.2. The van der Waals surface area contributed by atoms with Crippen LogP contribution in [0.15, 0.2) is 51.2 Å². The molecule has 0 unspecified atom stereocenters. The minimum atomic E-state index is -0.330. The highest BCUT2D eigenvalue weighted by molar-refractivity contribution is 7.99. The monoisotopic (exact) mass is 457 g/mol. The predicted octanol–water partition coefficient (Wildman–Crippen LogP) is 4.99. The second-order valence-electron chi connectivity index (χ2n) is 7.60. The van der Waals surface area contributed by atoms with Gasteiger partial charge in [-0.3, -0.25) is 14.2 Å². The van der Waals surface area contributed by atoms with Gasteiger partial charge in [0.25, 0.3) is 5.56 Å². The van der Waals surface area contributed by atoms with Gasteiger partial charge < -0.3 is 5.32 Å². The van der Waals surface area contributed by atoms with Crippen molar-refractivity contribution in [3.8, 4) is 5.69 Å². The van der Waals surface area contributed by atoms with E-state index in [0.717, 1.165) is 19.3 Å². The Morgan fingerprint density at radius 1 is 1.32 bits per heavy atom. The molecular weight excluding hydrogens is 433 g/mol. The minimum Gasteiger partial charge on any atom is -0.355 e. The molecule has 0 bridgehead atoms. The molecule has 0 saturated heterocycles. The summed E-state index contributed by atoms with van der Waals surface area (Å²) in [7, 11) is 0. The second kappa shape index (κ2) is 9.78. The molecule has 0 radical (unpaired) electrons. The summed E-state index contributed by atoms with van der Waals surface area (Å²) in [6.45, 7) is 2.27. The Morgan fingerprint density at radius 2 is 2.19 bits per heavy atom. The number of halogens is 1. The topological polar surface area (TPSA) is 64.0 Å². The first-order valence-electron chi connectivity index (χ1n) is 10.4. The summed E-state index contributed by atoms with van der Waals surface area (Å²) in [4.78, 5) is 30.1. The van der Waals surface area contributed by atoms with E-state index in [4.69, 9.17) is 0 Å². The lowest BCUT2D eigenvalue weighted by molar-refractivity contribution is -0.118. The van der Waals surface area contributed by atoms with Gasteiger partial charge in [0.15, 0.2) is 5.16 Å². The molecule has 1 amide bonds. The average molecular weight is 458 g/mol. The van der Waals surface area contributed by atoms with Crippen molar-refractivity contribution in [2.45, 2.75) is 44.2 Å². The van der Waals surface area contributed by atoms with Crippen LogP contribution in [0.1, 0.15) is 37.7 Å². The molecule has 1 aromatic carbocycles. The lowest BCUT2D eigenvalue weighted by atomic mass is 9.97. The number of thioether (sulfide) groups is 1. The number of fused-ring (bicyclic) bond motifs is 1. The fourth-order valence-electron chi connectivity index (χ4n) is 3.66. The fourth-order valence-corrected chi connectivity index (χ4v) is 5.26. The van der Waals surface area contributed by atoms with Crippen LogP contribution in [-0.4, -0.2) is 27.8 Å². The SMILES string of the molecule is Cc1cc(-n2c(SCC(=O)NCCC3=CCCCC3)nc3ccsc3c2=O)ccc1F. The molecule has 4 rings (SSSR count). The Kier molecular flexibility index (Phi) is 6.87. The number of hydrogen-bond acceptors (Lipinski definition) is 5. The Morgan fingerprint density at radius 3 is 2.97 bits per heavy atom. The van der Waals surface area contributed by atoms with Crippen molar-refractivity contribution in [1.82, 2.24) is 14.9 Å². The first-order chi connectivity index (χ1) is 15.0. The molecule has 3 aromatic rings. The third kappa shape index (κ3) is 5.07. The van der Waals surface area contributed by atoms with Crippen molar-refractivity contribution < 1.29 is 9.18 Å². The van der Waals surface area contributed by atoms with Gasteiger partial charge in [-0.1, -0.05) is 23.4 Å². The zero-order chi connectivity index (χ0) is 21.8. The molecule has 0 aliphatic heterocycles. The van der Waals surface area contributed by atoms with Crippen LogP contribution in [0.5, 0.6) is 0 Å². The Hall–Kier alpha value is -2.45. The molecule has 1 aliphatic carbocycles. The molecule has 8 heteroatoms. The van der Waals surface area contributed by atoms with Crippen molar-refractivity contribution in [2.24, 2.45) is 0 Å². The van der Waals surface area contributed by atoms with Crippen LogP contribution in [-0.2, 0) is 4.79 Å². The van der Waals surface area contributed by atoms with Gasteiger partial charge in [-0.2, -0.15) is 0 Å². The number of carbonyl (C=O) groups is 1. The molecule has 0 fully saturated rings. The van der Waals surface area contributed by atoms with Gasteiger partial charge in [0, 0.05) is 6.54 Å². The van der Waals surface area contributed by atoms with Crippen LogP contribution in [0, 0.1) is 12.7 Å². The highest BCUT2D eigenvalue weighted by Gasteiger charge is 2.16. The summed E-state index contributed by atoms with van der Waals surface area (Å²) >= 11 is 2.54. The van der Waals surface area contributed by atoms with E-state index in [1.165, 1.54) is 52.1 Å². The maximum absolute atomic E-state index is 13.8. The zero-order valence-corrected chi connectivity index (χ0v) is 19.0. The van der Waals surface area contributed by atoms with E-state index in [1.54, 1.807) is 25.1 Å². The molecule has 0 spiro atoms. The Labute approximate surface area is 188 Å². The van der Waals surface area contributed by atoms with Crippen molar-refractivity contribution in [1.29, 1.82) is 0 Å². The molecular formula is C23H24FN3O2S2. The van der Waals surface area contributed by atoms with Crippen LogP contribution >= 0.6 is 23.1 Å². The molecule has 2 heterocycles. The highest BCUT2D eigenvalue weighted by Crippen LogP contribution is 2.24. The van der Waals surface area contributed by atoms with E-state index in [9.17, 15) is 14.0 Å². The molecule has 0 atom stereocenters. The Bertz CT molecular complexity index is 1200. The summed E-state index contributed by atoms with van der Waals surface area (Å²) in [6.07, 6.45) is 7.91. The lowest BCUT2D eigenvalue weighted by Crippen LogP contribution is -2.27. The van der Waals surface area contributed by atoms with E-state index in [0.29, 0.717) is 33.2 Å². The summed E-state index contributed by atoms with van der Waals surface area (Å²) in [5, 5.41) is 5.20. The summed E-state index contributed by atoms with van der Waals surface area (Å²) in [5.74, 6) is -0.270. The number of hydrogen-bond donors (Lipinski definition) is 1. The van der Waals surface area contributed by atoms with Crippen molar-refractivity contribution >= 4 is 39.2 Å². The van der Waals surface area contributed by atoms with Crippen LogP contribution in [0.2, 0.25) is 0 Å². The fraction of sp³-hybridized carbons (Fsp3) is 0.348. The Balaban J connectivity index is 1.51. The number of benzene rings is 1.